The second-order valence-corrected chi connectivity index (χ2v) is 8.54. The maximum absolute atomic E-state index is 12.8. The van der Waals surface area contributed by atoms with Crippen molar-refractivity contribution in [3.8, 4) is 17.9 Å². The zero-order valence-electron chi connectivity index (χ0n) is 16.2. The fourth-order valence-electron chi connectivity index (χ4n) is 3.24. The van der Waals surface area contributed by atoms with Crippen LogP contribution in [-0.4, -0.2) is 12.0 Å². The van der Waals surface area contributed by atoms with Gasteiger partial charge in [-0.1, -0.05) is 11.6 Å². The van der Waals surface area contributed by atoms with Crippen molar-refractivity contribution in [3.05, 3.63) is 50.4 Å². The van der Waals surface area contributed by atoms with Crippen LogP contribution in [0, 0.1) is 22.7 Å². The monoisotopic (exact) mass is 425 g/mol. The highest BCUT2D eigenvalue weighted by Crippen LogP contribution is 2.38. The molecule has 0 aliphatic heterocycles. The Balaban J connectivity index is 1.91. The van der Waals surface area contributed by atoms with Crippen LogP contribution in [0.25, 0.3) is 6.08 Å². The smallest absolute Gasteiger partial charge is 0.266 e. The SMILES string of the molecule is CC(C)Oc1ccc(Cl)cc1/C=C(\C#N)C(=O)Nc1sc2c(c1C#N)CCCC2. The number of nitrogens with one attached hydrogen (secondary N) is 1. The second kappa shape index (κ2) is 9.13. The molecule has 3 rings (SSSR count). The van der Waals surface area contributed by atoms with E-state index in [2.05, 4.69) is 11.4 Å². The minimum atomic E-state index is -0.557. The van der Waals surface area contributed by atoms with Gasteiger partial charge in [0.15, 0.2) is 0 Å². The number of aryl methyl sites for hydroxylation is 1. The van der Waals surface area contributed by atoms with Gasteiger partial charge < -0.3 is 10.1 Å². The van der Waals surface area contributed by atoms with Crippen LogP contribution in [0.4, 0.5) is 5.00 Å². The molecule has 0 spiro atoms. The lowest BCUT2D eigenvalue weighted by Crippen LogP contribution is -2.13. The fourth-order valence-corrected chi connectivity index (χ4v) is 4.66. The first kappa shape index (κ1) is 20.9. The number of benzene rings is 1. The maximum atomic E-state index is 12.8. The molecule has 1 amide bonds. The van der Waals surface area contributed by atoms with Crippen LogP contribution in [0.1, 0.15) is 48.3 Å². The number of halogens is 1. The summed E-state index contributed by atoms with van der Waals surface area (Å²) in [7, 11) is 0. The summed E-state index contributed by atoms with van der Waals surface area (Å²) in [6, 6.07) is 9.20. The molecule has 0 bridgehead atoms. The Labute approximate surface area is 179 Å². The summed E-state index contributed by atoms with van der Waals surface area (Å²) in [5.74, 6) is -0.0210. The van der Waals surface area contributed by atoms with E-state index < -0.39 is 5.91 Å². The van der Waals surface area contributed by atoms with Gasteiger partial charge in [0, 0.05) is 15.5 Å². The predicted octanol–water partition coefficient (Wildman–Crippen LogP) is 5.48. The van der Waals surface area contributed by atoms with Gasteiger partial charge >= 0.3 is 0 Å². The number of nitrogens with zero attached hydrogens (tertiary/aromatic N) is 2. The number of hydrogen-bond acceptors (Lipinski definition) is 5. The molecule has 1 aliphatic carbocycles. The van der Waals surface area contributed by atoms with Gasteiger partial charge in [0.05, 0.1) is 11.7 Å². The highest BCUT2D eigenvalue weighted by Gasteiger charge is 2.23. The number of ether oxygens (including phenoxy) is 1. The molecule has 0 radical (unpaired) electrons. The van der Waals surface area contributed by atoms with Crippen molar-refractivity contribution < 1.29 is 9.53 Å². The first-order valence-corrected chi connectivity index (χ1v) is 10.6. The third-order valence-electron chi connectivity index (χ3n) is 4.51. The van der Waals surface area contributed by atoms with Crippen molar-refractivity contribution in [2.24, 2.45) is 0 Å². The Morgan fingerprint density at radius 1 is 1.31 bits per heavy atom. The molecule has 1 aromatic carbocycles. The normalized spacial score (nSPS) is 13.4. The van der Waals surface area contributed by atoms with Crippen molar-refractivity contribution >= 4 is 39.9 Å². The quantitative estimate of drug-likeness (QED) is 0.507. The number of anilines is 1. The number of thiophene rings is 1. The summed E-state index contributed by atoms with van der Waals surface area (Å²) < 4.78 is 5.75. The Morgan fingerprint density at radius 2 is 2.07 bits per heavy atom. The summed E-state index contributed by atoms with van der Waals surface area (Å²) in [4.78, 5) is 13.9. The molecule has 7 heteroatoms. The van der Waals surface area contributed by atoms with E-state index in [4.69, 9.17) is 16.3 Å². The molecule has 5 nitrogen and oxygen atoms in total. The van der Waals surface area contributed by atoms with Crippen LogP contribution in [0.5, 0.6) is 5.75 Å². The number of hydrogen-bond donors (Lipinski definition) is 1. The summed E-state index contributed by atoms with van der Waals surface area (Å²) in [6.07, 6.45) is 5.29. The first-order chi connectivity index (χ1) is 13.9. The molecule has 0 unspecified atom stereocenters. The van der Waals surface area contributed by atoms with Crippen molar-refractivity contribution in [2.45, 2.75) is 45.6 Å². The van der Waals surface area contributed by atoms with Gasteiger partial charge in [0.1, 0.15) is 28.5 Å². The van der Waals surface area contributed by atoms with E-state index in [1.54, 1.807) is 18.2 Å². The molecule has 1 aromatic heterocycles. The van der Waals surface area contributed by atoms with Gasteiger partial charge in [-0.25, -0.2) is 0 Å². The van der Waals surface area contributed by atoms with Crippen LogP contribution >= 0.6 is 22.9 Å². The van der Waals surface area contributed by atoms with E-state index in [0.29, 0.717) is 26.9 Å². The van der Waals surface area contributed by atoms with E-state index in [1.807, 2.05) is 19.9 Å². The van der Waals surface area contributed by atoms with Crippen molar-refractivity contribution in [1.29, 1.82) is 10.5 Å². The molecule has 148 valence electrons. The third kappa shape index (κ3) is 4.79. The summed E-state index contributed by atoms with van der Waals surface area (Å²) >= 11 is 7.51. The average molecular weight is 426 g/mol. The average Bonchev–Trinajstić information content (AvgIpc) is 3.04. The van der Waals surface area contributed by atoms with E-state index in [0.717, 1.165) is 36.1 Å². The fraction of sp³-hybridized carbons (Fsp3) is 0.318. The van der Waals surface area contributed by atoms with Crippen molar-refractivity contribution in [3.63, 3.8) is 0 Å². The van der Waals surface area contributed by atoms with E-state index in [9.17, 15) is 15.3 Å². The minimum Gasteiger partial charge on any atom is -0.490 e. The van der Waals surface area contributed by atoms with Gasteiger partial charge in [-0.3, -0.25) is 4.79 Å². The van der Waals surface area contributed by atoms with Crippen LogP contribution in [0.3, 0.4) is 0 Å². The van der Waals surface area contributed by atoms with Gasteiger partial charge in [-0.15, -0.1) is 11.3 Å². The summed E-state index contributed by atoms with van der Waals surface area (Å²) in [5, 5.41) is 22.8. The Kier molecular flexibility index (Phi) is 6.59. The van der Waals surface area contributed by atoms with Gasteiger partial charge in [0.2, 0.25) is 0 Å². The van der Waals surface area contributed by atoms with Crippen LogP contribution < -0.4 is 10.1 Å². The standard InChI is InChI=1S/C22H20ClN3O2S/c1-13(2)28-19-8-7-16(23)10-14(19)9-15(11-24)21(27)26-22-18(12-25)17-5-3-4-6-20(17)29-22/h7-10,13H,3-6H2,1-2H3,(H,26,27)/b15-9+. The number of carbonyl (C=O) groups is 1. The summed E-state index contributed by atoms with van der Waals surface area (Å²) in [6.45, 7) is 3.78. The lowest BCUT2D eigenvalue weighted by Gasteiger charge is -2.13. The van der Waals surface area contributed by atoms with Gasteiger partial charge in [-0.05, 0) is 69.4 Å². The van der Waals surface area contributed by atoms with Crippen molar-refractivity contribution in [2.75, 3.05) is 5.32 Å². The molecule has 0 saturated heterocycles. The Hall–Kier alpha value is -2.80. The lowest BCUT2D eigenvalue weighted by atomic mass is 9.96. The van der Waals surface area contributed by atoms with E-state index in [-0.39, 0.29) is 11.7 Å². The lowest BCUT2D eigenvalue weighted by molar-refractivity contribution is -0.112. The molecule has 1 aliphatic rings. The molecule has 29 heavy (non-hydrogen) atoms. The maximum Gasteiger partial charge on any atom is 0.266 e. The highest BCUT2D eigenvalue weighted by atomic mass is 35.5. The third-order valence-corrected chi connectivity index (χ3v) is 5.95. The van der Waals surface area contributed by atoms with Gasteiger partial charge in [0.25, 0.3) is 5.91 Å². The highest BCUT2D eigenvalue weighted by molar-refractivity contribution is 7.16. The molecule has 1 heterocycles. The zero-order valence-corrected chi connectivity index (χ0v) is 17.8. The Bertz CT molecular complexity index is 1060. The molecule has 1 N–H and O–H groups in total. The number of nitriles is 2. The van der Waals surface area contributed by atoms with Gasteiger partial charge in [-0.2, -0.15) is 10.5 Å². The number of amides is 1. The number of rotatable bonds is 5. The molecule has 0 atom stereocenters. The van der Waals surface area contributed by atoms with Crippen LogP contribution in [0.2, 0.25) is 5.02 Å². The van der Waals surface area contributed by atoms with E-state index >= 15 is 0 Å². The molecule has 0 fully saturated rings. The topological polar surface area (TPSA) is 85.9 Å². The number of fused-ring (bicyclic) bond motifs is 1. The molecular formula is C22H20ClN3O2S. The predicted molar refractivity (Wildman–Crippen MR) is 115 cm³/mol. The first-order valence-electron chi connectivity index (χ1n) is 9.37. The molecule has 2 aromatic rings. The number of carbonyl (C=O) groups excluding carboxylic acids is 1. The largest absolute Gasteiger partial charge is 0.490 e. The Morgan fingerprint density at radius 3 is 2.76 bits per heavy atom. The van der Waals surface area contributed by atoms with Crippen LogP contribution in [-0.2, 0) is 17.6 Å². The second-order valence-electron chi connectivity index (χ2n) is 7.00. The zero-order chi connectivity index (χ0) is 21.0. The van der Waals surface area contributed by atoms with E-state index in [1.165, 1.54) is 17.4 Å². The molecule has 0 saturated carbocycles. The summed E-state index contributed by atoms with van der Waals surface area (Å²) in [5.41, 5.74) is 2.01. The van der Waals surface area contributed by atoms with Crippen LogP contribution in [0.15, 0.2) is 23.8 Å². The molecular weight excluding hydrogens is 406 g/mol. The van der Waals surface area contributed by atoms with Crippen molar-refractivity contribution in [1.82, 2.24) is 0 Å². The minimum absolute atomic E-state index is 0.0710.